The van der Waals surface area contributed by atoms with Crippen LogP contribution in [0.2, 0.25) is 0 Å². The van der Waals surface area contributed by atoms with E-state index in [2.05, 4.69) is 6.58 Å². The minimum Gasteiger partial charge on any atom is -0.760 e. The maximum Gasteiger partial charge on any atom is 0.238 e. The molecule has 0 rings (SSSR count). The first kappa shape index (κ1) is 9.54. The fourth-order valence-electron chi connectivity index (χ4n) is 0.197. The van der Waals surface area contributed by atoms with Gasteiger partial charge in [0.15, 0.2) is 0 Å². The van der Waals surface area contributed by atoms with Crippen molar-refractivity contribution in [2.24, 2.45) is 0 Å². The standard InChI is InChI=1S/C4H6O4S2/c1-2-3-4-10(7,8)9(5)6/h2-4H,1H2,(H,5,6)/p-1. The van der Waals surface area contributed by atoms with Gasteiger partial charge in [0.1, 0.15) is 0 Å². The summed E-state index contributed by atoms with van der Waals surface area (Å²) in [6, 6.07) is 0. The Bertz CT molecular complexity index is 261. The lowest BCUT2D eigenvalue weighted by atomic mass is 10.6. The topological polar surface area (TPSA) is 74.3 Å². The quantitative estimate of drug-likeness (QED) is 0.346. The molecule has 0 saturated carbocycles. The van der Waals surface area contributed by atoms with Gasteiger partial charge in [0.2, 0.25) is 8.87 Å². The van der Waals surface area contributed by atoms with Crippen molar-refractivity contribution in [2.45, 2.75) is 0 Å². The molecule has 0 saturated heterocycles. The van der Waals surface area contributed by atoms with Crippen LogP contribution < -0.4 is 0 Å². The number of rotatable bonds is 3. The van der Waals surface area contributed by atoms with E-state index in [1.807, 2.05) is 0 Å². The fourth-order valence-corrected chi connectivity index (χ4v) is 1.06. The molecule has 1 unspecified atom stereocenters. The molecule has 0 heterocycles. The summed E-state index contributed by atoms with van der Waals surface area (Å²) in [7, 11) is -7.19. The molecule has 0 aromatic carbocycles. The highest BCUT2D eigenvalue weighted by Gasteiger charge is 2.02. The molecule has 0 aliphatic rings. The Morgan fingerprint density at radius 1 is 1.50 bits per heavy atom. The lowest BCUT2D eigenvalue weighted by Crippen LogP contribution is -2.02. The van der Waals surface area contributed by atoms with E-state index in [0.717, 1.165) is 6.08 Å². The third-order valence-electron chi connectivity index (χ3n) is 0.571. The average molecular weight is 181 g/mol. The van der Waals surface area contributed by atoms with E-state index in [4.69, 9.17) is 0 Å². The predicted octanol–water partition coefficient (Wildman–Crippen LogP) is -0.105. The van der Waals surface area contributed by atoms with Crippen molar-refractivity contribution in [3.63, 3.8) is 0 Å². The monoisotopic (exact) mass is 181 g/mol. The van der Waals surface area contributed by atoms with E-state index in [1.54, 1.807) is 0 Å². The van der Waals surface area contributed by atoms with Gasteiger partial charge in [-0.25, -0.2) is 8.42 Å². The summed E-state index contributed by atoms with van der Waals surface area (Å²) in [5, 5.41) is 0.559. The normalized spacial score (nSPS) is 15.3. The van der Waals surface area contributed by atoms with Crippen LogP contribution in [0.15, 0.2) is 24.1 Å². The van der Waals surface area contributed by atoms with Crippen molar-refractivity contribution in [1.29, 1.82) is 0 Å². The molecule has 0 fully saturated rings. The number of hydrogen-bond acceptors (Lipinski definition) is 4. The van der Waals surface area contributed by atoms with Gasteiger partial charge in [-0.1, -0.05) is 18.7 Å². The third-order valence-corrected chi connectivity index (χ3v) is 2.91. The zero-order chi connectivity index (χ0) is 8.20. The molecular weight excluding hydrogens is 176 g/mol. The van der Waals surface area contributed by atoms with Crippen molar-refractivity contribution in [2.75, 3.05) is 0 Å². The lowest BCUT2D eigenvalue weighted by Gasteiger charge is -1.98. The second kappa shape index (κ2) is 3.65. The molecule has 0 aliphatic carbocycles. The van der Waals surface area contributed by atoms with Crippen LogP contribution >= 0.6 is 0 Å². The van der Waals surface area contributed by atoms with Crippen LogP contribution in [0.4, 0.5) is 0 Å². The van der Waals surface area contributed by atoms with Gasteiger partial charge in [0.25, 0.3) is 0 Å². The average Bonchev–Trinajstić information content (AvgIpc) is 1.84. The predicted molar refractivity (Wildman–Crippen MR) is 37.2 cm³/mol. The van der Waals surface area contributed by atoms with Gasteiger partial charge in [-0.2, -0.15) is 0 Å². The first-order valence-corrected chi connectivity index (χ1v) is 5.28. The molecular formula is C4H5O4S2-. The summed E-state index contributed by atoms with van der Waals surface area (Å²) >= 11 is 0. The summed E-state index contributed by atoms with van der Waals surface area (Å²) in [6.45, 7) is 3.17. The van der Waals surface area contributed by atoms with Gasteiger partial charge < -0.3 is 4.55 Å². The Balaban J connectivity index is 4.61. The van der Waals surface area contributed by atoms with E-state index in [-0.39, 0.29) is 0 Å². The number of hydrogen-bond donors (Lipinski definition) is 0. The van der Waals surface area contributed by atoms with Crippen LogP contribution in [0.3, 0.4) is 0 Å². The molecule has 0 N–H and O–H groups in total. The Morgan fingerprint density at radius 3 is 2.30 bits per heavy atom. The second-order valence-corrected chi connectivity index (χ2v) is 5.14. The van der Waals surface area contributed by atoms with E-state index in [0.29, 0.717) is 5.41 Å². The molecule has 10 heavy (non-hydrogen) atoms. The smallest absolute Gasteiger partial charge is 0.238 e. The summed E-state index contributed by atoms with van der Waals surface area (Å²) in [5.41, 5.74) is 0. The van der Waals surface area contributed by atoms with Crippen LogP contribution in [0.5, 0.6) is 0 Å². The largest absolute Gasteiger partial charge is 0.760 e. The lowest BCUT2D eigenvalue weighted by molar-refractivity contribution is 0.542. The molecule has 1 atom stereocenters. The van der Waals surface area contributed by atoms with Crippen LogP contribution in [0, 0.1) is 0 Å². The van der Waals surface area contributed by atoms with E-state index >= 15 is 0 Å². The Hall–Kier alpha value is -0.460. The molecule has 6 heteroatoms. The Labute approximate surface area is 60.9 Å². The first-order chi connectivity index (χ1) is 4.50. The number of allylic oxidation sites excluding steroid dienone is 2. The maximum absolute atomic E-state index is 10.3. The minimum atomic E-state index is -4.10. The summed E-state index contributed by atoms with van der Waals surface area (Å²) in [6.07, 6.45) is 2.20. The molecule has 0 spiro atoms. The fraction of sp³-hybridized carbons (Fsp3) is 0. The zero-order valence-corrected chi connectivity index (χ0v) is 6.52. The highest BCUT2D eigenvalue weighted by atomic mass is 33.2. The second-order valence-electron chi connectivity index (χ2n) is 1.26. The molecule has 0 aromatic rings. The maximum atomic E-state index is 10.3. The van der Waals surface area contributed by atoms with Gasteiger partial charge in [-0.15, -0.1) is 0 Å². The van der Waals surface area contributed by atoms with Gasteiger partial charge in [0.05, 0.1) is 10.1 Å². The SMILES string of the molecule is C=CC=CS(=O)(=O)S(=O)[O-]. The van der Waals surface area contributed by atoms with Crippen molar-refractivity contribution in [1.82, 2.24) is 0 Å². The molecule has 0 bridgehead atoms. The third kappa shape index (κ3) is 2.90. The Kier molecular flexibility index (Phi) is 3.48. The van der Waals surface area contributed by atoms with E-state index < -0.39 is 19.0 Å². The molecule has 0 aliphatic heterocycles. The molecule has 58 valence electrons. The van der Waals surface area contributed by atoms with Crippen molar-refractivity contribution >= 4 is 19.0 Å². The molecule has 4 nitrogen and oxygen atoms in total. The first-order valence-electron chi connectivity index (χ1n) is 2.14. The summed E-state index contributed by atoms with van der Waals surface area (Å²) < 4.78 is 40.4. The summed E-state index contributed by atoms with van der Waals surface area (Å²) in [5.74, 6) is 0. The van der Waals surface area contributed by atoms with Crippen molar-refractivity contribution in [3.8, 4) is 0 Å². The minimum absolute atomic E-state index is 0.559. The van der Waals surface area contributed by atoms with Crippen LogP contribution in [-0.4, -0.2) is 17.2 Å². The molecule has 0 radical (unpaired) electrons. The highest BCUT2D eigenvalue weighted by Crippen LogP contribution is 1.95. The van der Waals surface area contributed by atoms with Crippen LogP contribution in [0.25, 0.3) is 0 Å². The van der Waals surface area contributed by atoms with Gasteiger partial charge in [-0.05, 0) is 0 Å². The van der Waals surface area contributed by atoms with E-state index in [9.17, 15) is 17.2 Å². The highest BCUT2D eigenvalue weighted by molar-refractivity contribution is 8.63. The van der Waals surface area contributed by atoms with Crippen molar-refractivity contribution < 1.29 is 17.2 Å². The van der Waals surface area contributed by atoms with Gasteiger partial charge in [-0.3, -0.25) is 4.21 Å². The van der Waals surface area contributed by atoms with Gasteiger partial charge >= 0.3 is 0 Å². The van der Waals surface area contributed by atoms with Crippen molar-refractivity contribution in [3.05, 3.63) is 24.1 Å². The van der Waals surface area contributed by atoms with Crippen LogP contribution in [0.1, 0.15) is 0 Å². The summed E-state index contributed by atoms with van der Waals surface area (Å²) in [4.78, 5) is 0. The zero-order valence-electron chi connectivity index (χ0n) is 4.89. The molecule has 0 aromatic heterocycles. The molecule has 0 amide bonds. The Morgan fingerprint density at radius 2 is 2.00 bits per heavy atom. The van der Waals surface area contributed by atoms with Gasteiger partial charge in [0, 0.05) is 5.41 Å². The van der Waals surface area contributed by atoms with E-state index in [1.165, 1.54) is 6.08 Å². The van der Waals surface area contributed by atoms with Crippen LogP contribution in [-0.2, 0) is 19.0 Å².